The molecule has 106 valence electrons. The molecule has 0 unspecified atom stereocenters. The fourth-order valence-corrected chi connectivity index (χ4v) is 4.06. The van der Waals surface area contributed by atoms with Crippen molar-refractivity contribution in [3.8, 4) is 0 Å². The van der Waals surface area contributed by atoms with Crippen molar-refractivity contribution < 1.29 is 8.42 Å². The molecule has 1 aromatic carbocycles. The summed E-state index contributed by atoms with van der Waals surface area (Å²) in [5.41, 5.74) is 0.798. The van der Waals surface area contributed by atoms with Gasteiger partial charge in [0.05, 0.1) is 4.90 Å². The summed E-state index contributed by atoms with van der Waals surface area (Å²) in [5.74, 6) is 1.29. The molecule has 0 aromatic heterocycles. The highest BCUT2D eigenvalue weighted by Crippen LogP contribution is 2.28. The van der Waals surface area contributed by atoms with Gasteiger partial charge in [-0.2, -0.15) is 0 Å². The van der Waals surface area contributed by atoms with Crippen molar-refractivity contribution in [2.24, 2.45) is 11.8 Å². The zero-order chi connectivity index (χ0) is 13.9. The van der Waals surface area contributed by atoms with Crippen LogP contribution in [0.2, 0.25) is 0 Å². The van der Waals surface area contributed by atoms with Crippen LogP contribution in [-0.4, -0.2) is 15.0 Å². The molecule has 2 rings (SSSR count). The highest BCUT2D eigenvalue weighted by molar-refractivity contribution is 7.89. The van der Waals surface area contributed by atoms with E-state index in [4.69, 9.17) is 0 Å². The highest BCUT2D eigenvalue weighted by Gasteiger charge is 2.21. The molecule has 0 amide bonds. The van der Waals surface area contributed by atoms with Gasteiger partial charge >= 0.3 is 0 Å². The first kappa shape index (κ1) is 14.5. The summed E-state index contributed by atoms with van der Waals surface area (Å²) in [7, 11) is -3.35. The van der Waals surface area contributed by atoms with E-state index in [0.29, 0.717) is 17.4 Å². The lowest BCUT2D eigenvalue weighted by Gasteiger charge is -2.26. The second kappa shape index (κ2) is 6.06. The maximum absolute atomic E-state index is 12.2. The maximum atomic E-state index is 12.2. The SMILES string of the molecule is Cc1ccccc1S(=O)(=O)NCC1CCC(C)CC1. The lowest BCUT2D eigenvalue weighted by Crippen LogP contribution is -2.31. The Bertz CT molecular complexity index is 517. The summed E-state index contributed by atoms with van der Waals surface area (Å²) in [6, 6.07) is 7.12. The molecule has 3 nitrogen and oxygen atoms in total. The van der Waals surface area contributed by atoms with E-state index in [2.05, 4.69) is 11.6 Å². The number of sulfonamides is 1. The van der Waals surface area contributed by atoms with Gasteiger partial charge in [-0.05, 0) is 43.2 Å². The number of hydrogen-bond acceptors (Lipinski definition) is 2. The molecular weight excluding hydrogens is 258 g/mol. The van der Waals surface area contributed by atoms with Gasteiger partial charge in [-0.15, -0.1) is 0 Å². The van der Waals surface area contributed by atoms with Gasteiger partial charge in [0.15, 0.2) is 0 Å². The Morgan fingerprint density at radius 1 is 1.16 bits per heavy atom. The summed E-state index contributed by atoms with van der Waals surface area (Å²) in [4.78, 5) is 0.402. The van der Waals surface area contributed by atoms with Crippen LogP contribution in [0.5, 0.6) is 0 Å². The van der Waals surface area contributed by atoms with Crippen LogP contribution >= 0.6 is 0 Å². The van der Waals surface area contributed by atoms with E-state index in [9.17, 15) is 8.42 Å². The van der Waals surface area contributed by atoms with E-state index in [1.807, 2.05) is 19.1 Å². The Balaban J connectivity index is 1.97. The van der Waals surface area contributed by atoms with E-state index >= 15 is 0 Å². The van der Waals surface area contributed by atoms with Crippen LogP contribution in [0.25, 0.3) is 0 Å². The Labute approximate surface area is 116 Å². The Morgan fingerprint density at radius 2 is 1.79 bits per heavy atom. The van der Waals surface area contributed by atoms with Crippen molar-refractivity contribution in [1.82, 2.24) is 4.72 Å². The number of rotatable bonds is 4. The molecule has 0 radical (unpaired) electrons. The molecule has 1 aliphatic carbocycles. The fraction of sp³-hybridized carbons (Fsp3) is 0.600. The monoisotopic (exact) mass is 281 g/mol. The third-order valence-electron chi connectivity index (χ3n) is 4.08. The number of nitrogens with one attached hydrogen (secondary N) is 1. The molecule has 19 heavy (non-hydrogen) atoms. The van der Waals surface area contributed by atoms with Crippen LogP contribution < -0.4 is 4.72 Å². The van der Waals surface area contributed by atoms with Crippen LogP contribution in [0.1, 0.15) is 38.2 Å². The quantitative estimate of drug-likeness (QED) is 0.921. The molecule has 1 N–H and O–H groups in total. The molecule has 1 aromatic rings. The molecule has 1 fully saturated rings. The molecule has 0 heterocycles. The second-order valence-electron chi connectivity index (χ2n) is 5.74. The molecular formula is C15H23NO2S. The van der Waals surface area contributed by atoms with Crippen LogP contribution in [0, 0.1) is 18.8 Å². The van der Waals surface area contributed by atoms with Gasteiger partial charge in [0.2, 0.25) is 10.0 Å². The number of hydrogen-bond donors (Lipinski definition) is 1. The second-order valence-corrected chi connectivity index (χ2v) is 7.48. The number of aryl methyl sites for hydroxylation is 1. The molecule has 0 atom stereocenters. The van der Waals surface area contributed by atoms with Crippen molar-refractivity contribution in [2.75, 3.05) is 6.54 Å². The van der Waals surface area contributed by atoms with Gasteiger partial charge in [0.1, 0.15) is 0 Å². The van der Waals surface area contributed by atoms with Gasteiger partial charge in [-0.3, -0.25) is 0 Å². The van der Waals surface area contributed by atoms with Crippen LogP contribution in [-0.2, 0) is 10.0 Å². The van der Waals surface area contributed by atoms with E-state index in [-0.39, 0.29) is 0 Å². The van der Waals surface area contributed by atoms with E-state index in [1.54, 1.807) is 12.1 Å². The zero-order valence-corrected chi connectivity index (χ0v) is 12.5. The minimum Gasteiger partial charge on any atom is -0.211 e. The van der Waals surface area contributed by atoms with E-state index in [0.717, 1.165) is 24.3 Å². The van der Waals surface area contributed by atoms with Crippen LogP contribution in [0.15, 0.2) is 29.2 Å². The third-order valence-corrected chi connectivity index (χ3v) is 5.66. The highest BCUT2D eigenvalue weighted by atomic mass is 32.2. The standard InChI is InChI=1S/C15H23NO2S/c1-12-7-9-14(10-8-12)11-16-19(17,18)15-6-4-3-5-13(15)2/h3-6,12,14,16H,7-11H2,1-2H3. The van der Waals surface area contributed by atoms with Crippen molar-refractivity contribution in [1.29, 1.82) is 0 Å². The lowest BCUT2D eigenvalue weighted by atomic mass is 9.83. The maximum Gasteiger partial charge on any atom is 0.240 e. The first-order chi connectivity index (χ1) is 8.99. The molecule has 1 saturated carbocycles. The smallest absolute Gasteiger partial charge is 0.211 e. The van der Waals surface area contributed by atoms with Gasteiger partial charge in [-0.1, -0.05) is 38.0 Å². The normalized spacial score (nSPS) is 24.3. The third kappa shape index (κ3) is 3.80. The predicted molar refractivity (Wildman–Crippen MR) is 77.5 cm³/mol. The van der Waals surface area contributed by atoms with Gasteiger partial charge < -0.3 is 0 Å². The van der Waals surface area contributed by atoms with Crippen molar-refractivity contribution in [2.45, 2.75) is 44.4 Å². The number of benzene rings is 1. The van der Waals surface area contributed by atoms with Crippen molar-refractivity contribution in [3.05, 3.63) is 29.8 Å². The Morgan fingerprint density at radius 3 is 2.42 bits per heavy atom. The molecule has 0 spiro atoms. The minimum absolute atomic E-state index is 0.402. The topological polar surface area (TPSA) is 46.2 Å². The zero-order valence-electron chi connectivity index (χ0n) is 11.7. The predicted octanol–water partition coefficient (Wildman–Crippen LogP) is 3.10. The van der Waals surface area contributed by atoms with Crippen molar-refractivity contribution in [3.63, 3.8) is 0 Å². The summed E-state index contributed by atoms with van der Waals surface area (Å²) >= 11 is 0. The average molecular weight is 281 g/mol. The first-order valence-corrected chi connectivity index (χ1v) is 8.52. The molecule has 1 aliphatic rings. The molecule has 0 saturated heterocycles. The summed E-state index contributed by atoms with van der Waals surface area (Å²) in [5, 5.41) is 0. The largest absolute Gasteiger partial charge is 0.240 e. The summed E-state index contributed by atoms with van der Waals surface area (Å²) in [6.45, 7) is 4.67. The van der Waals surface area contributed by atoms with Gasteiger partial charge in [-0.25, -0.2) is 13.1 Å². The molecule has 0 aliphatic heterocycles. The van der Waals surface area contributed by atoms with Crippen LogP contribution in [0.4, 0.5) is 0 Å². The van der Waals surface area contributed by atoms with Crippen molar-refractivity contribution >= 4 is 10.0 Å². The molecule has 0 bridgehead atoms. The van der Waals surface area contributed by atoms with E-state index < -0.39 is 10.0 Å². The fourth-order valence-electron chi connectivity index (χ4n) is 2.70. The Kier molecular flexibility index (Phi) is 4.63. The summed E-state index contributed by atoms with van der Waals surface area (Å²) < 4.78 is 27.3. The Hall–Kier alpha value is -0.870. The first-order valence-electron chi connectivity index (χ1n) is 7.04. The summed E-state index contributed by atoms with van der Waals surface area (Å²) in [6.07, 6.45) is 4.71. The average Bonchev–Trinajstić information content (AvgIpc) is 2.38. The van der Waals surface area contributed by atoms with E-state index in [1.165, 1.54) is 12.8 Å². The van der Waals surface area contributed by atoms with Crippen LogP contribution in [0.3, 0.4) is 0 Å². The van der Waals surface area contributed by atoms with Gasteiger partial charge in [0, 0.05) is 6.54 Å². The minimum atomic E-state index is -3.35. The van der Waals surface area contributed by atoms with Gasteiger partial charge in [0.25, 0.3) is 0 Å². The molecule has 4 heteroatoms. The lowest BCUT2D eigenvalue weighted by molar-refractivity contribution is 0.290.